The Morgan fingerprint density at radius 2 is 1.30 bits per heavy atom. The molecule has 6 rings (SSSR count). The second-order valence-electron chi connectivity index (χ2n) is 32.9. The fourth-order valence-electron chi connectivity index (χ4n) is 14.6. The Morgan fingerprint density at radius 3 is 1.94 bits per heavy atom. The number of aliphatic hydroxyl groups is 1. The summed E-state index contributed by atoms with van der Waals surface area (Å²) in [5.41, 5.74) is 35.8. The van der Waals surface area contributed by atoms with E-state index in [9.17, 15) is 53.1 Å². The molecule has 672 valence electrons. The van der Waals surface area contributed by atoms with E-state index in [1.54, 1.807) is 62.5 Å². The number of rotatable bonds is 44. The van der Waals surface area contributed by atoms with E-state index in [4.69, 9.17) is 43.9 Å². The number of nitrogens with one attached hydrogen (secondary N) is 9. The lowest BCUT2D eigenvalue weighted by Gasteiger charge is -2.38. The van der Waals surface area contributed by atoms with Crippen molar-refractivity contribution in [3.8, 4) is 5.75 Å². The fraction of sp³-hybridized carbons (Fsp3) is 0.540. The largest absolute Gasteiger partial charge is 0.492 e. The Labute approximate surface area is 724 Å². The molecule has 1 aliphatic rings. The van der Waals surface area contributed by atoms with Gasteiger partial charge in [0, 0.05) is 112 Å². The van der Waals surface area contributed by atoms with Gasteiger partial charge in [-0.15, -0.1) is 0 Å². The van der Waals surface area contributed by atoms with Crippen LogP contribution in [0.2, 0.25) is 0 Å². The van der Waals surface area contributed by atoms with Crippen LogP contribution < -0.4 is 81.7 Å². The number of ketones is 4. The van der Waals surface area contributed by atoms with Crippen molar-refractivity contribution in [2.45, 2.75) is 236 Å². The van der Waals surface area contributed by atoms with Gasteiger partial charge in [0.25, 0.3) is 5.91 Å². The number of hydrogen-bond acceptors (Lipinski definition) is 24. The Morgan fingerprint density at radius 1 is 0.634 bits per heavy atom. The number of Topliss-reactive ketones (excluding diaryl/α,β-unsaturated/α-hetero) is 4. The van der Waals surface area contributed by atoms with Gasteiger partial charge in [-0.2, -0.15) is 0 Å². The van der Waals surface area contributed by atoms with Crippen LogP contribution in [-0.4, -0.2) is 201 Å². The highest BCUT2D eigenvalue weighted by Crippen LogP contribution is 2.48. The van der Waals surface area contributed by atoms with Gasteiger partial charge in [-0.3, -0.25) is 76.7 Å². The van der Waals surface area contributed by atoms with Crippen LogP contribution in [0.4, 0.5) is 0 Å². The van der Waals surface area contributed by atoms with E-state index in [1.165, 1.54) is 27.7 Å². The van der Waals surface area contributed by atoms with Crippen LogP contribution >= 0.6 is 21.6 Å². The number of carbonyl (C=O) groups is 16. The Bertz CT molecular complexity index is 4580. The number of H-pyrrole nitrogens is 1. The molecule has 5 aromatic rings. The quantitative estimate of drug-likeness (QED) is 0.0151. The minimum absolute atomic E-state index is 0.00573. The summed E-state index contributed by atoms with van der Waals surface area (Å²) in [5.74, 6) is -17.8. The third kappa shape index (κ3) is 31.9. The van der Waals surface area contributed by atoms with Crippen molar-refractivity contribution in [3.63, 3.8) is 0 Å². The molecule has 1 unspecified atom stereocenters. The van der Waals surface area contributed by atoms with Gasteiger partial charge in [0.15, 0.2) is 29.2 Å². The molecule has 22 N–H and O–H groups in total. The van der Waals surface area contributed by atoms with Gasteiger partial charge in [0.1, 0.15) is 30.5 Å². The first kappa shape index (κ1) is 101. The van der Waals surface area contributed by atoms with Crippen LogP contribution in [0.5, 0.6) is 5.75 Å². The average Bonchev–Trinajstić information content (AvgIpc) is 1.79. The predicted octanol–water partition coefficient (Wildman–Crippen LogP) is 2.78. The van der Waals surface area contributed by atoms with Gasteiger partial charge < -0.3 is 96.5 Å². The predicted molar refractivity (Wildman–Crippen MR) is 466 cm³/mol. The number of aromatic nitrogens is 1. The molecule has 0 aliphatic carbocycles. The van der Waals surface area contributed by atoms with Crippen molar-refractivity contribution < 1.29 is 91.3 Å². The average molecular weight is 1750 g/mol. The normalized spacial score (nSPS) is 19.6. The topological polar surface area (TPSA) is 580 Å². The molecule has 11 amide bonds. The highest BCUT2D eigenvalue weighted by atomic mass is 33.1. The van der Waals surface area contributed by atoms with Crippen molar-refractivity contribution in [3.05, 3.63) is 113 Å². The zero-order chi connectivity index (χ0) is 91.1. The van der Waals surface area contributed by atoms with Crippen molar-refractivity contribution in [2.24, 2.45) is 57.6 Å². The second kappa shape index (κ2) is 48.4. The van der Waals surface area contributed by atoms with Crippen molar-refractivity contribution in [1.29, 1.82) is 0 Å². The highest BCUT2D eigenvalue weighted by Gasteiger charge is 2.48. The molecule has 0 saturated carbocycles. The monoisotopic (exact) mass is 1750 g/mol. The zero-order valence-corrected chi connectivity index (χ0v) is 73.2. The van der Waals surface area contributed by atoms with E-state index in [1.807, 2.05) is 49.4 Å². The number of carbonyl (C=O) groups excluding carboxylic acids is 16. The van der Waals surface area contributed by atoms with Crippen LogP contribution in [0.15, 0.2) is 91.1 Å². The van der Waals surface area contributed by atoms with E-state index in [0.717, 1.165) is 51.8 Å². The number of aromatic amines is 1. The molecular weight excluding hydrogens is 1620 g/mol. The third-order valence-electron chi connectivity index (χ3n) is 21.5. The van der Waals surface area contributed by atoms with Crippen LogP contribution in [-0.2, 0) is 101 Å². The third-order valence-corrected chi connectivity index (χ3v) is 25.7. The number of aliphatic hydroxyl groups excluding tert-OH is 1. The smallest absolute Gasteiger partial charge is 0.303 e. The SMILES string of the molecule is CC(=O)NCCCC[C@H](NC(=O)[C@](C)(CCCCN)CC(=O)[C@H](Cc1ccc2ccccc2c1)NC(=O)[C@@H](CC(=O)[C@H]1NC(=O)[C@H](CCC(N)=O)CC(=O)[C@H](Cc2c[nH]c3c(C)cccc23)NC(=O)[C@H]([C@@H](C)O)NC(=O)[C@H](CC(N)=O)NC(=O)C(OC(C)=O)C(C)(C)SSC1(C)C)Cc1ccc(OCCN)cc1)C(=O)C[C@@H](CC(N)=O)C(=O)NCCCN. The first-order chi connectivity index (χ1) is 58.1. The Balaban J connectivity index is 1.53. The summed E-state index contributed by atoms with van der Waals surface area (Å²) in [6.45, 7) is 14.0. The van der Waals surface area contributed by atoms with Crippen molar-refractivity contribution in [1.82, 2.24) is 47.5 Å². The number of unbranched alkanes of at least 4 members (excludes halogenated alkanes) is 2. The van der Waals surface area contributed by atoms with Crippen molar-refractivity contribution >= 4 is 137 Å². The second-order valence-corrected chi connectivity index (χ2v) is 36.4. The van der Waals surface area contributed by atoms with E-state index >= 15 is 28.8 Å². The number of benzene rings is 4. The maximum atomic E-state index is 16.3. The molecule has 1 aromatic heterocycles. The number of amides is 11. The van der Waals surface area contributed by atoms with Gasteiger partial charge in [-0.1, -0.05) is 108 Å². The molecule has 34 nitrogen and oxygen atoms in total. The molecule has 36 heteroatoms. The molecule has 1 saturated heterocycles. The summed E-state index contributed by atoms with van der Waals surface area (Å²) in [6, 6.07) is 14.8. The summed E-state index contributed by atoms with van der Waals surface area (Å²) < 4.78 is 8.24. The fourth-order valence-corrected chi connectivity index (χ4v) is 17.4. The lowest BCUT2D eigenvalue weighted by Crippen LogP contribution is -2.61. The van der Waals surface area contributed by atoms with Crippen LogP contribution in [0.25, 0.3) is 21.7 Å². The first-order valence-electron chi connectivity index (χ1n) is 41.5. The van der Waals surface area contributed by atoms with Crippen LogP contribution in [0.3, 0.4) is 0 Å². The minimum Gasteiger partial charge on any atom is -0.492 e. The standard InChI is InChI=1S/C87H123N15O19S2/c1-49-18-16-21-62-60(48-96-74(49)62)41-65-68(107)42-57(27-30-71(91)110)79(114)102-76(85(5,6)122-123-86(7,8)77(121-52(4)105)83(118)99-66(46-73(93)112)81(116)101-75(50(2)103)82(117)98-65)69(108)44-58(38-53-24-28-61(29-25-53)120-37-34-90)80(115)97-64(40-54-23-26-55-19-10-11-20-56(55)39-54)70(109)47-87(9,31-13-14-32-88)84(119)100-63(22-12-15-35-94-51(3)104)67(106)43-59(45-72(92)111)78(113)95-36-17-33-89/h10-11,16,18-21,23-26,28-29,39,48,50,57-59,63-66,75-77,96,103H,12-15,17,22,27,30-38,40-47,88-90H2,1-9H3,(H2,91,110)(H2,92,111)(H2,93,112)(H,94,104)(H,95,113)(H,97,115)(H,98,117)(H,99,118)(H,100,119)(H,101,116)(H,102,114)/t50-,57-,58-,59+,63+,64+,65+,66+,75+,76-,77?,87-/m1/s1. The van der Waals surface area contributed by atoms with Gasteiger partial charge in [0.05, 0.1) is 46.7 Å². The van der Waals surface area contributed by atoms with Crippen LogP contribution in [0, 0.1) is 30.1 Å². The Hall–Kier alpha value is -10.7. The number of primary amides is 3. The molecule has 0 bridgehead atoms. The van der Waals surface area contributed by atoms with Crippen LogP contribution in [0.1, 0.15) is 174 Å². The first-order valence-corrected chi connectivity index (χ1v) is 43.6. The van der Waals surface area contributed by atoms with E-state index in [0.29, 0.717) is 52.6 Å². The molecule has 0 radical (unpaired) electrons. The minimum atomic E-state index is -1.92. The molecular formula is C87H123N15O19S2. The highest BCUT2D eigenvalue weighted by molar-refractivity contribution is 8.77. The number of nitrogens with two attached hydrogens (primary N) is 6. The molecule has 12 atom stereocenters. The maximum Gasteiger partial charge on any atom is 0.303 e. The van der Waals surface area contributed by atoms with E-state index in [2.05, 4.69) is 47.5 Å². The number of para-hydroxylation sites is 1. The van der Waals surface area contributed by atoms with Gasteiger partial charge in [-0.05, 0) is 158 Å². The van der Waals surface area contributed by atoms with E-state index in [-0.39, 0.29) is 90.2 Å². The molecule has 4 aromatic carbocycles. The van der Waals surface area contributed by atoms with Gasteiger partial charge in [0.2, 0.25) is 59.1 Å². The molecule has 1 aliphatic heterocycles. The maximum absolute atomic E-state index is 16.3. The summed E-state index contributed by atoms with van der Waals surface area (Å²) in [7, 11) is 1.78. The van der Waals surface area contributed by atoms with Crippen molar-refractivity contribution in [2.75, 3.05) is 39.3 Å². The molecule has 1 fully saturated rings. The molecule has 0 spiro atoms. The van der Waals surface area contributed by atoms with Gasteiger partial charge >= 0.3 is 5.97 Å². The molecule has 2 heterocycles. The number of ether oxygens (including phenoxy) is 2. The van der Waals surface area contributed by atoms with Gasteiger partial charge in [-0.25, -0.2) is 0 Å². The number of aryl methyl sites for hydroxylation is 1. The summed E-state index contributed by atoms with van der Waals surface area (Å²) in [4.78, 5) is 233. The van der Waals surface area contributed by atoms with E-state index < -0.39 is 221 Å². The summed E-state index contributed by atoms with van der Waals surface area (Å²) in [6.07, 6.45) is -5.98. The number of fused-ring (bicyclic) bond motifs is 2. The molecule has 123 heavy (non-hydrogen) atoms. The number of esters is 1. The lowest BCUT2D eigenvalue weighted by atomic mass is 9.77. The summed E-state index contributed by atoms with van der Waals surface area (Å²) >= 11 is 0. The zero-order valence-electron chi connectivity index (χ0n) is 71.6. The summed E-state index contributed by atoms with van der Waals surface area (Å²) in [5, 5.41) is 35.1. The number of hydrogen-bond donors (Lipinski definition) is 16. The lowest BCUT2D eigenvalue weighted by molar-refractivity contribution is -0.156. The Kier molecular flexibility index (Phi) is 39.8.